The lowest BCUT2D eigenvalue weighted by Gasteiger charge is -2.19. The van der Waals surface area contributed by atoms with Gasteiger partial charge in [0.25, 0.3) is 0 Å². The third kappa shape index (κ3) is 4.84. The zero-order valence-corrected chi connectivity index (χ0v) is 11.8. The van der Waals surface area contributed by atoms with E-state index in [0.29, 0.717) is 4.99 Å². The van der Waals surface area contributed by atoms with E-state index in [1.165, 1.54) is 12.0 Å². The van der Waals surface area contributed by atoms with Gasteiger partial charge in [-0.25, -0.2) is 0 Å². The number of benzene rings is 1. The van der Waals surface area contributed by atoms with E-state index in [1.54, 1.807) is 0 Å². The fourth-order valence-corrected chi connectivity index (χ4v) is 1.95. The van der Waals surface area contributed by atoms with Crippen LogP contribution >= 0.6 is 12.2 Å². The van der Waals surface area contributed by atoms with Crippen LogP contribution in [0.25, 0.3) is 0 Å². The Kier molecular flexibility index (Phi) is 5.59. The molecule has 0 aliphatic carbocycles. The average Bonchev–Trinajstić information content (AvgIpc) is 2.27. The van der Waals surface area contributed by atoms with Gasteiger partial charge < -0.3 is 10.6 Å². The summed E-state index contributed by atoms with van der Waals surface area (Å²) >= 11 is 5.07. The SMILES string of the molecule is CC(C)CCN(C)Cc1ccccc1C(N)=S. The lowest BCUT2D eigenvalue weighted by Crippen LogP contribution is -2.22. The maximum Gasteiger partial charge on any atom is 0.104 e. The summed E-state index contributed by atoms with van der Waals surface area (Å²) in [5.41, 5.74) is 7.94. The first kappa shape index (κ1) is 14.1. The van der Waals surface area contributed by atoms with Crippen LogP contribution in [0.2, 0.25) is 0 Å². The average molecular weight is 250 g/mol. The van der Waals surface area contributed by atoms with Crippen LogP contribution in [0.15, 0.2) is 24.3 Å². The molecule has 0 radical (unpaired) electrons. The van der Waals surface area contributed by atoms with E-state index >= 15 is 0 Å². The topological polar surface area (TPSA) is 29.3 Å². The summed E-state index contributed by atoms with van der Waals surface area (Å²) < 4.78 is 0. The van der Waals surface area contributed by atoms with Gasteiger partial charge >= 0.3 is 0 Å². The Morgan fingerprint density at radius 2 is 2.00 bits per heavy atom. The van der Waals surface area contributed by atoms with E-state index in [1.807, 2.05) is 18.2 Å². The number of rotatable bonds is 6. The van der Waals surface area contributed by atoms with Crippen molar-refractivity contribution in [1.29, 1.82) is 0 Å². The van der Waals surface area contributed by atoms with Crippen molar-refractivity contribution in [2.75, 3.05) is 13.6 Å². The molecule has 0 amide bonds. The van der Waals surface area contributed by atoms with Crippen molar-refractivity contribution in [1.82, 2.24) is 4.90 Å². The molecule has 0 saturated heterocycles. The largest absolute Gasteiger partial charge is 0.389 e. The van der Waals surface area contributed by atoms with Gasteiger partial charge in [0.1, 0.15) is 4.99 Å². The van der Waals surface area contributed by atoms with Gasteiger partial charge in [0.05, 0.1) is 0 Å². The first-order chi connectivity index (χ1) is 8.00. The number of nitrogens with two attached hydrogens (primary N) is 1. The minimum Gasteiger partial charge on any atom is -0.389 e. The fourth-order valence-electron chi connectivity index (χ4n) is 1.75. The minimum atomic E-state index is 0.484. The maximum absolute atomic E-state index is 5.73. The molecule has 1 aromatic rings. The van der Waals surface area contributed by atoms with Crippen molar-refractivity contribution >= 4 is 17.2 Å². The minimum absolute atomic E-state index is 0.484. The third-order valence-electron chi connectivity index (χ3n) is 2.81. The Hall–Kier alpha value is -0.930. The van der Waals surface area contributed by atoms with Crippen molar-refractivity contribution in [2.45, 2.75) is 26.8 Å². The van der Waals surface area contributed by atoms with E-state index in [9.17, 15) is 0 Å². The fraction of sp³-hybridized carbons (Fsp3) is 0.500. The molecule has 3 heteroatoms. The zero-order chi connectivity index (χ0) is 12.8. The summed E-state index contributed by atoms with van der Waals surface area (Å²) in [6, 6.07) is 8.10. The molecule has 0 atom stereocenters. The summed E-state index contributed by atoms with van der Waals surface area (Å²) in [6.07, 6.45) is 1.21. The molecule has 0 aliphatic heterocycles. The monoisotopic (exact) mass is 250 g/mol. The molecule has 0 fully saturated rings. The van der Waals surface area contributed by atoms with Gasteiger partial charge in [-0.3, -0.25) is 0 Å². The third-order valence-corrected chi connectivity index (χ3v) is 3.03. The molecule has 1 rings (SSSR count). The van der Waals surface area contributed by atoms with Crippen molar-refractivity contribution in [2.24, 2.45) is 11.7 Å². The van der Waals surface area contributed by atoms with Crippen molar-refractivity contribution in [3.8, 4) is 0 Å². The van der Waals surface area contributed by atoms with Gasteiger partial charge in [-0.15, -0.1) is 0 Å². The molecular weight excluding hydrogens is 228 g/mol. The Labute approximate surface area is 110 Å². The molecule has 0 aromatic heterocycles. The standard InChI is InChI=1S/C14H22N2S/c1-11(2)8-9-16(3)10-12-6-4-5-7-13(12)14(15)17/h4-7,11H,8-10H2,1-3H3,(H2,15,17). The number of hydrogen-bond acceptors (Lipinski definition) is 2. The van der Waals surface area contributed by atoms with Crippen LogP contribution < -0.4 is 5.73 Å². The van der Waals surface area contributed by atoms with Gasteiger partial charge in [0.2, 0.25) is 0 Å². The Morgan fingerprint density at radius 3 is 2.59 bits per heavy atom. The highest BCUT2D eigenvalue weighted by Crippen LogP contribution is 2.12. The Balaban J connectivity index is 2.64. The highest BCUT2D eigenvalue weighted by Gasteiger charge is 2.07. The van der Waals surface area contributed by atoms with Crippen LogP contribution in [0.1, 0.15) is 31.4 Å². The second-order valence-corrected chi connectivity index (χ2v) is 5.38. The van der Waals surface area contributed by atoms with Crippen LogP contribution in [-0.2, 0) is 6.54 Å². The molecule has 2 nitrogen and oxygen atoms in total. The summed E-state index contributed by atoms with van der Waals surface area (Å²) in [6.45, 7) is 6.50. The van der Waals surface area contributed by atoms with Gasteiger partial charge in [0.15, 0.2) is 0 Å². The van der Waals surface area contributed by atoms with E-state index < -0.39 is 0 Å². The second kappa shape index (κ2) is 6.72. The molecule has 17 heavy (non-hydrogen) atoms. The summed E-state index contributed by atoms with van der Waals surface area (Å²) in [7, 11) is 2.14. The van der Waals surface area contributed by atoms with Crippen LogP contribution in [0.5, 0.6) is 0 Å². The lowest BCUT2D eigenvalue weighted by atomic mass is 10.1. The van der Waals surface area contributed by atoms with Crippen LogP contribution in [-0.4, -0.2) is 23.5 Å². The van der Waals surface area contributed by atoms with Crippen molar-refractivity contribution in [3.63, 3.8) is 0 Å². The summed E-state index contributed by atoms with van der Waals surface area (Å²) in [5.74, 6) is 0.739. The highest BCUT2D eigenvalue weighted by atomic mass is 32.1. The van der Waals surface area contributed by atoms with E-state index in [4.69, 9.17) is 18.0 Å². The number of thiocarbonyl (C=S) groups is 1. The zero-order valence-electron chi connectivity index (χ0n) is 10.9. The molecule has 0 heterocycles. The smallest absolute Gasteiger partial charge is 0.104 e. The molecule has 0 aliphatic rings. The highest BCUT2D eigenvalue weighted by molar-refractivity contribution is 7.80. The lowest BCUT2D eigenvalue weighted by molar-refractivity contribution is 0.303. The Morgan fingerprint density at radius 1 is 1.35 bits per heavy atom. The number of nitrogens with zero attached hydrogens (tertiary/aromatic N) is 1. The number of hydrogen-bond donors (Lipinski definition) is 1. The predicted octanol–water partition coefficient (Wildman–Crippen LogP) is 2.80. The van der Waals surface area contributed by atoms with E-state index in [2.05, 4.69) is 31.9 Å². The van der Waals surface area contributed by atoms with E-state index in [0.717, 1.165) is 24.6 Å². The Bertz CT molecular complexity index is 374. The molecule has 0 spiro atoms. The van der Waals surface area contributed by atoms with Crippen molar-refractivity contribution in [3.05, 3.63) is 35.4 Å². The quantitative estimate of drug-likeness (QED) is 0.787. The molecule has 94 valence electrons. The van der Waals surface area contributed by atoms with E-state index in [-0.39, 0.29) is 0 Å². The molecular formula is C14H22N2S. The normalized spacial score (nSPS) is 11.1. The van der Waals surface area contributed by atoms with Gasteiger partial charge in [-0.05, 0) is 31.5 Å². The van der Waals surface area contributed by atoms with Crippen LogP contribution in [0.4, 0.5) is 0 Å². The van der Waals surface area contributed by atoms with Crippen LogP contribution in [0, 0.1) is 5.92 Å². The second-order valence-electron chi connectivity index (χ2n) is 4.94. The molecule has 0 bridgehead atoms. The predicted molar refractivity (Wildman–Crippen MR) is 78.1 cm³/mol. The molecule has 1 aromatic carbocycles. The molecule has 2 N–H and O–H groups in total. The molecule has 0 unspecified atom stereocenters. The van der Waals surface area contributed by atoms with Gasteiger partial charge in [0, 0.05) is 12.1 Å². The maximum atomic E-state index is 5.73. The first-order valence-corrected chi connectivity index (χ1v) is 6.47. The summed E-state index contributed by atoms with van der Waals surface area (Å²) in [5, 5.41) is 0. The summed E-state index contributed by atoms with van der Waals surface area (Å²) in [4.78, 5) is 2.80. The molecule has 0 saturated carbocycles. The van der Waals surface area contributed by atoms with Gasteiger partial charge in [-0.1, -0.05) is 50.3 Å². The van der Waals surface area contributed by atoms with Crippen LogP contribution in [0.3, 0.4) is 0 Å². The first-order valence-electron chi connectivity index (χ1n) is 6.07. The van der Waals surface area contributed by atoms with Gasteiger partial charge in [-0.2, -0.15) is 0 Å². The van der Waals surface area contributed by atoms with Crippen molar-refractivity contribution < 1.29 is 0 Å².